The van der Waals surface area contributed by atoms with Gasteiger partial charge in [-0.3, -0.25) is 9.69 Å². The molecule has 1 saturated carbocycles. The van der Waals surface area contributed by atoms with Gasteiger partial charge in [0.15, 0.2) is 0 Å². The molecule has 1 heterocycles. The minimum atomic E-state index is -0.0960. The number of hydrogen-bond donors (Lipinski definition) is 0. The molecule has 0 radical (unpaired) electrons. The van der Waals surface area contributed by atoms with Gasteiger partial charge in [0.05, 0.1) is 16.8 Å². The highest BCUT2D eigenvalue weighted by Crippen LogP contribution is 2.34. The molecule has 0 spiro atoms. The molecule has 1 aromatic rings. The fourth-order valence-electron chi connectivity index (χ4n) is 3.49. The van der Waals surface area contributed by atoms with Crippen molar-refractivity contribution in [2.75, 3.05) is 13.7 Å². The number of halogens is 1. The second-order valence-electron chi connectivity index (χ2n) is 6.47. The van der Waals surface area contributed by atoms with Crippen LogP contribution in [0.5, 0.6) is 5.75 Å². The summed E-state index contributed by atoms with van der Waals surface area (Å²) in [6, 6.07) is 5.97. The van der Waals surface area contributed by atoms with Gasteiger partial charge in [-0.05, 0) is 52.4 Å². The van der Waals surface area contributed by atoms with Gasteiger partial charge >= 0.3 is 0 Å². The molecule has 1 aliphatic heterocycles. The Morgan fingerprint density at radius 2 is 2.12 bits per heavy atom. The normalized spacial score (nSPS) is 21.8. The van der Waals surface area contributed by atoms with Crippen LogP contribution >= 0.6 is 39.9 Å². The lowest BCUT2D eigenvalue weighted by molar-refractivity contribution is -0.126. The van der Waals surface area contributed by atoms with Crippen LogP contribution in [0.4, 0.5) is 0 Å². The Kier molecular flexibility index (Phi) is 6.22. The highest BCUT2D eigenvalue weighted by atomic mass is 79.9. The summed E-state index contributed by atoms with van der Waals surface area (Å²) in [5.74, 6) is 1.76. The van der Waals surface area contributed by atoms with Crippen molar-refractivity contribution in [1.82, 2.24) is 4.90 Å². The quantitative estimate of drug-likeness (QED) is 0.609. The van der Waals surface area contributed by atoms with Gasteiger partial charge in [0.2, 0.25) is 5.91 Å². The lowest BCUT2D eigenvalue weighted by Gasteiger charge is -2.18. The summed E-state index contributed by atoms with van der Waals surface area (Å²) in [7, 11) is 1.65. The van der Waals surface area contributed by atoms with Gasteiger partial charge in [0.1, 0.15) is 10.1 Å². The maximum Gasteiger partial charge on any atom is 0.241 e. The summed E-state index contributed by atoms with van der Waals surface area (Å²) in [4.78, 5) is 14.5. The Morgan fingerprint density at radius 3 is 2.79 bits per heavy atom. The number of rotatable bonds is 6. The van der Waals surface area contributed by atoms with Crippen molar-refractivity contribution in [2.45, 2.75) is 43.8 Å². The van der Waals surface area contributed by atoms with Crippen LogP contribution < -0.4 is 4.74 Å². The number of methoxy groups -OCH3 is 1. The summed E-state index contributed by atoms with van der Waals surface area (Å²) in [6.45, 7) is 0.790. The molecule has 1 amide bonds. The molecule has 3 nitrogen and oxygen atoms in total. The topological polar surface area (TPSA) is 29.5 Å². The van der Waals surface area contributed by atoms with Gasteiger partial charge in [-0.2, -0.15) is 0 Å². The largest absolute Gasteiger partial charge is 0.496 e. The Hall–Kier alpha value is -0.590. The summed E-state index contributed by atoms with van der Waals surface area (Å²) >= 11 is 10.5. The zero-order valence-corrected chi connectivity index (χ0v) is 17.0. The van der Waals surface area contributed by atoms with Gasteiger partial charge in [0.25, 0.3) is 0 Å². The lowest BCUT2D eigenvalue weighted by atomic mass is 10.0. The first kappa shape index (κ1) is 18.2. The molecule has 1 aromatic carbocycles. The van der Waals surface area contributed by atoms with E-state index in [1.54, 1.807) is 7.11 Å². The molecule has 0 aromatic heterocycles. The van der Waals surface area contributed by atoms with Crippen molar-refractivity contribution < 1.29 is 9.53 Å². The van der Waals surface area contributed by atoms with Gasteiger partial charge in [-0.25, -0.2) is 0 Å². The van der Waals surface area contributed by atoms with Gasteiger partial charge in [-0.1, -0.05) is 55.7 Å². The van der Waals surface area contributed by atoms with Crippen LogP contribution in [0.15, 0.2) is 22.7 Å². The summed E-state index contributed by atoms with van der Waals surface area (Å²) in [5, 5.41) is -0.0960. The third kappa shape index (κ3) is 4.14. The molecule has 2 aliphatic rings. The van der Waals surface area contributed by atoms with Crippen LogP contribution in [0.1, 0.15) is 37.7 Å². The number of thioether (sulfide) groups is 1. The molecule has 1 aliphatic carbocycles. The molecule has 0 unspecified atom stereocenters. The van der Waals surface area contributed by atoms with E-state index < -0.39 is 0 Å². The van der Waals surface area contributed by atoms with Crippen LogP contribution in [-0.4, -0.2) is 34.0 Å². The van der Waals surface area contributed by atoms with Gasteiger partial charge in [-0.15, -0.1) is 0 Å². The van der Waals surface area contributed by atoms with E-state index in [9.17, 15) is 4.79 Å². The molecule has 0 N–H and O–H groups in total. The highest BCUT2D eigenvalue weighted by molar-refractivity contribution is 9.10. The molecular formula is C18H22BrNO2S2. The molecule has 130 valence electrons. The summed E-state index contributed by atoms with van der Waals surface area (Å²) in [6.07, 6.45) is 7.09. The number of nitrogens with zero attached hydrogens (tertiary/aromatic N) is 1. The van der Waals surface area contributed by atoms with Crippen molar-refractivity contribution in [3.63, 3.8) is 0 Å². The highest BCUT2D eigenvalue weighted by Gasteiger charge is 2.37. The second kappa shape index (κ2) is 8.19. The smallest absolute Gasteiger partial charge is 0.241 e. The molecule has 1 atom stereocenters. The third-order valence-electron chi connectivity index (χ3n) is 4.88. The Labute approximate surface area is 161 Å². The lowest BCUT2D eigenvalue weighted by Crippen LogP contribution is -2.33. The fraction of sp³-hybridized carbons (Fsp3) is 0.556. The van der Waals surface area contributed by atoms with E-state index in [1.165, 1.54) is 37.4 Å². The monoisotopic (exact) mass is 427 g/mol. The van der Waals surface area contributed by atoms with E-state index in [4.69, 9.17) is 17.0 Å². The molecule has 1 saturated heterocycles. The summed E-state index contributed by atoms with van der Waals surface area (Å²) < 4.78 is 6.92. The van der Waals surface area contributed by atoms with Crippen LogP contribution in [0.25, 0.3) is 0 Å². The third-order valence-corrected chi connectivity index (χ3v) is 7.08. The number of carbonyl (C=O) groups excluding carboxylic acids is 1. The number of amides is 1. The van der Waals surface area contributed by atoms with E-state index in [0.29, 0.717) is 6.42 Å². The molecule has 3 rings (SSSR count). The SMILES string of the molecule is COc1ccc(C[C@H]2SC(=S)N(CCC3CCCC3)C2=O)cc1Br. The number of carbonyl (C=O) groups is 1. The average molecular weight is 428 g/mol. The van der Waals surface area contributed by atoms with Crippen molar-refractivity contribution in [3.8, 4) is 5.75 Å². The predicted molar refractivity (Wildman–Crippen MR) is 107 cm³/mol. The zero-order valence-electron chi connectivity index (χ0n) is 13.8. The van der Waals surface area contributed by atoms with E-state index in [2.05, 4.69) is 15.9 Å². The van der Waals surface area contributed by atoms with Gasteiger partial charge < -0.3 is 4.74 Å². The minimum Gasteiger partial charge on any atom is -0.496 e. The first-order valence-corrected chi connectivity index (χ1v) is 10.5. The standard InChI is InChI=1S/C18H22BrNO2S2/c1-22-15-7-6-13(10-14(15)19)11-16-17(21)20(18(23)24-16)9-8-12-4-2-3-5-12/h6-7,10,12,16H,2-5,8-9,11H2,1H3/t16-/m1/s1. The second-order valence-corrected chi connectivity index (χ2v) is 9.17. The van der Waals surface area contributed by atoms with E-state index >= 15 is 0 Å². The van der Waals surface area contributed by atoms with Crippen molar-refractivity contribution in [1.29, 1.82) is 0 Å². The fourth-order valence-corrected chi connectivity index (χ4v) is 5.67. The Bertz CT molecular complexity index is 631. The number of hydrogen-bond acceptors (Lipinski definition) is 4. The number of thiocarbonyl (C=S) groups is 1. The Morgan fingerprint density at radius 1 is 1.38 bits per heavy atom. The van der Waals surface area contributed by atoms with Crippen molar-refractivity contribution >= 4 is 50.1 Å². The molecule has 0 bridgehead atoms. The zero-order chi connectivity index (χ0) is 17.1. The molecule has 24 heavy (non-hydrogen) atoms. The number of ether oxygens (including phenoxy) is 1. The van der Waals surface area contributed by atoms with Crippen molar-refractivity contribution in [3.05, 3.63) is 28.2 Å². The van der Waals surface area contributed by atoms with Gasteiger partial charge in [0, 0.05) is 6.54 Å². The van der Waals surface area contributed by atoms with Crippen LogP contribution in [0.2, 0.25) is 0 Å². The molecule has 6 heteroatoms. The average Bonchev–Trinajstić information content (AvgIpc) is 3.15. The van der Waals surface area contributed by atoms with Crippen molar-refractivity contribution in [2.24, 2.45) is 5.92 Å². The van der Waals surface area contributed by atoms with Crippen LogP contribution in [0.3, 0.4) is 0 Å². The predicted octanol–water partition coefficient (Wildman–Crippen LogP) is 4.81. The van der Waals surface area contributed by atoms with E-state index in [1.807, 2.05) is 23.1 Å². The Balaban J connectivity index is 1.59. The first-order chi connectivity index (χ1) is 11.6. The molecular weight excluding hydrogens is 406 g/mol. The summed E-state index contributed by atoms with van der Waals surface area (Å²) in [5.41, 5.74) is 1.12. The number of benzene rings is 1. The van der Waals surface area contributed by atoms with E-state index in [-0.39, 0.29) is 11.2 Å². The maximum atomic E-state index is 12.7. The maximum absolute atomic E-state index is 12.7. The van der Waals surface area contributed by atoms with E-state index in [0.717, 1.165) is 39.0 Å². The molecule has 2 fully saturated rings. The minimum absolute atomic E-state index is 0.0960. The first-order valence-electron chi connectivity index (χ1n) is 8.43. The van der Waals surface area contributed by atoms with Crippen LogP contribution in [-0.2, 0) is 11.2 Å². The van der Waals surface area contributed by atoms with Crippen LogP contribution in [0, 0.1) is 5.92 Å².